The van der Waals surface area contributed by atoms with Crippen molar-refractivity contribution in [3.8, 4) is 5.75 Å². The van der Waals surface area contributed by atoms with Crippen LogP contribution in [0.2, 0.25) is 0 Å². The number of likely N-dealkylation sites (N-methyl/N-ethyl adjacent to an activating group) is 1. The van der Waals surface area contributed by atoms with Crippen molar-refractivity contribution in [2.24, 2.45) is 0 Å². The molecule has 2 aromatic carbocycles. The van der Waals surface area contributed by atoms with Crippen molar-refractivity contribution in [2.75, 3.05) is 17.3 Å². The number of hydrogen-bond donors (Lipinski definition) is 2. The van der Waals surface area contributed by atoms with Gasteiger partial charge in [0.25, 0.3) is 0 Å². The number of carbonyl (C=O) groups excluding carboxylic acids is 2. The van der Waals surface area contributed by atoms with Crippen molar-refractivity contribution >= 4 is 23.2 Å². The smallest absolute Gasteiger partial charge is 0.316 e. The van der Waals surface area contributed by atoms with Crippen LogP contribution < -0.4 is 10.2 Å². The summed E-state index contributed by atoms with van der Waals surface area (Å²) in [7, 11) is 1.52. The summed E-state index contributed by atoms with van der Waals surface area (Å²) in [5.74, 6) is -1.04. The maximum absolute atomic E-state index is 12.3. The normalized spacial score (nSPS) is 10.4. The first-order valence-electron chi connectivity index (χ1n) is 7.37. The van der Waals surface area contributed by atoms with Gasteiger partial charge in [-0.1, -0.05) is 32.0 Å². The highest BCUT2D eigenvalue weighted by molar-refractivity contribution is 6.44. The second-order valence-electron chi connectivity index (χ2n) is 5.58. The van der Waals surface area contributed by atoms with Crippen LogP contribution in [0.25, 0.3) is 0 Å². The maximum Gasteiger partial charge on any atom is 0.316 e. The molecule has 2 N–H and O–H groups in total. The number of phenolic OH excluding ortho intramolecular Hbond substituents is 1. The summed E-state index contributed by atoms with van der Waals surface area (Å²) in [4.78, 5) is 25.7. The number of aromatic hydroxyl groups is 1. The predicted molar refractivity (Wildman–Crippen MR) is 90.7 cm³/mol. The molecule has 0 aliphatic heterocycles. The lowest BCUT2D eigenvalue weighted by Crippen LogP contribution is -2.37. The molecule has 0 radical (unpaired) electrons. The Hall–Kier alpha value is -2.82. The number of hydrogen-bond acceptors (Lipinski definition) is 3. The zero-order valence-electron chi connectivity index (χ0n) is 13.4. The van der Waals surface area contributed by atoms with Gasteiger partial charge in [0, 0.05) is 18.4 Å². The minimum Gasteiger partial charge on any atom is -0.508 e. The molecule has 23 heavy (non-hydrogen) atoms. The van der Waals surface area contributed by atoms with Gasteiger partial charge in [-0.05, 0) is 41.8 Å². The van der Waals surface area contributed by atoms with E-state index in [1.807, 2.05) is 32.0 Å². The lowest BCUT2D eigenvalue weighted by Gasteiger charge is -2.18. The number of rotatable bonds is 3. The molecule has 0 aliphatic carbocycles. The zero-order valence-corrected chi connectivity index (χ0v) is 13.4. The van der Waals surface area contributed by atoms with Gasteiger partial charge < -0.3 is 15.3 Å². The first kappa shape index (κ1) is 16.5. The highest BCUT2D eigenvalue weighted by Crippen LogP contribution is 2.24. The van der Waals surface area contributed by atoms with Gasteiger partial charge in [0.15, 0.2) is 0 Å². The molecule has 0 aliphatic rings. The van der Waals surface area contributed by atoms with Gasteiger partial charge in [0.2, 0.25) is 0 Å². The Morgan fingerprint density at radius 3 is 2.26 bits per heavy atom. The number of nitrogens with zero attached hydrogens (tertiary/aromatic N) is 1. The second-order valence-corrected chi connectivity index (χ2v) is 5.58. The van der Waals surface area contributed by atoms with E-state index in [2.05, 4.69) is 5.32 Å². The molecule has 0 fully saturated rings. The monoisotopic (exact) mass is 312 g/mol. The van der Waals surface area contributed by atoms with Crippen LogP contribution in [-0.2, 0) is 9.59 Å². The highest BCUT2D eigenvalue weighted by atomic mass is 16.3. The van der Waals surface area contributed by atoms with Gasteiger partial charge in [0.1, 0.15) is 5.75 Å². The Labute approximate surface area is 135 Å². The number of amides is 2. The van der Waals surface area contributed by atoms with Gasteiger partial charge in [-0.3, -0.25) is 9.59 Å². The van der Waals surface area contributed by atoms with Crippen LogP contribution >= 0.6 is 0 Å². The maximum atomic E-state index is 12.3. The van der Waals surface area contributed by atoms with Crippen LogP contribution in [0.3, 0.4) is 0 Å². The van der Waals surface area contributed by atoms with Gasteiger partial charge in [-0.15, -0.1) is 0 Å². The fraction of sp³-hybridized carbons (Fsp3) is 0.222. The minimum atomic E-state index is -0.700. The summed E-state index contributed by atoms with van der Waals surface area (Å²) in [6, 6.07) is 13.5. The first-order valence-corrected chi connectivity index (χ1v) is 7.37. The Bertz CT molecular complexity index is 708. The van der Waals surface area contributed by atoms with Gasteiger partial charge >= 0.3 is 11.8 Å². The summed E-state index contributed by atoms with van der Waals surface area (Å²) in [6.45, 7) is 4.05. The van der Waals surface area contributed by atoms with Crippen molar-refractivity contribution in [1.29, 1.82) is 0 Å². The topological polar surface area (TPSA) is 69.6 Å². The lowest BCUT2D eigenvalue weighted by molar-refractivity contribution is -0.134. The summed E-state index contributed by atoms with van der Waals surface area (Å²) in [5.41, 5.74) is 2.14. The van der Waals surface area contributed by atoms with Crippen LogP contribution in [0.5, 0.6) is 5.75 Å². The van der Waals surface area contributed by atoms with E-state index in [0.29, 0.717) is 11.4 Å². The Morgan fingerprint density at radius 1 is 1.04 bits per heavy atom. The van der Waals surface area contributed by atoms with E-state index in [4.69, 9.17) is 0 Å². The summed E-state index contributed by atoms with van der Waals surface area (Å²) < 4.78 is 0. The van der Waals surface area contributed by atoms with E-state index in [0.717, 1.165) is 5.56 Å². The molecule has 0 heterocycles. The lowest BCUT2D eigenvalue weighted by atomic mass is 10.0. The molecule has 0 aromatic heterocycles. The Balaban J connectivity index is 2.14. The van der Waals surface area contributed by atoms with E-state index >= 15 is 0 Å². The largest absolute Gasteiger partial charge is 0.508 e. The zero-order chi connectivity index (χ0) is 17.0. The molecule has 2 rings (SSSR count). The first-order chi connectivity index (χ1) is 10.9. The van der Waals surface area contributed by atoms with Crippen LogP contribution in [0.15, 0.2) is 48.5 Å². The third kappa shape index (κ3) is 3.88. The van der Waals surface area contributed by atoms with E-state index < -0.39 is 11.8 Å². The SMILES string of the molecule is CC(C)c1ccccc1NC(=O)C(=O)N(C)c1ccc(O)cc1. The number of phenols is 1. The molecule has 120 valence electrons. The molecule has 2 amide bonds. The number of nitrogens with one attached hydrogen (secondary N) is 1. The average Bonchev–Trinajstić information content (AvgIpc) is 2.54. The Morgan fingerprint density at radius 2 is 1.65 bits per heavy atom. The molecule has 5 nitrogen and oxygen atoms in total. The Kier molecular flexibility index (Phi) is 5.01. The number of benzene rings is 2. The molecule has 0 unspecified atom stereocenters. The van der Waals surface area contributed by atoms with E-state index in [-0.39, 0.29) is 11.7 Å². The summed E-state index contributed by atoms with van der Waals surface area (Å²) in [6.07, 6.45) is 0. The van der Waals surface area contributed by atoms with Crippen LogP contribution in [0.4, 0.5) is 11.4 Å². The van der Waals surface area contributed by atoms with Crippen molar-refractivity contribution in [3.63, 3.8) is 0 Å². The molecular weight excluding hydrogens is 292 g/mol. The summed E-state index contributed by atoms with van der Waals surface area (Å²) in [5, 5.41) is 12.0. The fourth-order valence-electron chi connectivity index (χ4n) is 2.24. The third-order valence-electron chi connectivity index (χ3n) is 3.57. The molecule has 0 bridgehead atoms. The number of anilines is 2. The average molecular weight is 312 g/mol. The number of para-hydroxylation sites is 1. The highest BCUT2D eigenvalue weighted by Gasteiger charge is 2.21. The van der Waals surface area contributed by atoms with Crippen LogP contribution in [0, 0.1) is 0 Å². The van der Waals surface area contributed by atoms with Gasteiger partial charge in [0.05, 0.1) is 0 Å². The van der Waals surface area contributed by atoms with Crippen LogP contribution in [-0.4, -0.2) is 24.0 Å². The molecule has 5 heteroatoms. The van der Waals surface area contributed by atoms with Crippen molar-refractivity contribution in [1.82, 2.24) is 0 Å². The van der Waals surface area contributed by atoms with Crippen molar-refractivity contribution in [2.45, 2.75) is 19.8 Å². The quantitative estimate of drug-likeness (QED) is 0.856. The molecule has 0 atom stereocenters. The fourth-order valence-corrected chi connectivity index (χ4v) is 2.24. The predicted octanol–water partition coefficient (Wildman–Crippen LogP) is 3.12. The second kappa shape index (κ2) is 6.96. The minimum absolute atomic E-state index is 0.102. The molecular formula is C18H20N2O3. The third-order valence-corrected chi connectivity index (χ3v) is 3.57. The number of carbonyl (C=O) groups is 2. The molecule has 0 spiro atoms. The van der Waals surface area contributed by atoms with Crippen molar-refractivity contribution in [3.05, 3.63) is 54.1 Å². The molecule has 0 saturated heterocycles. The van der Waals surface area contributed by atoms with Crippen LogP contribution in [0.1, 0.15) is 25.3 Å². The standard InChI is InChI=1S/C18H20N2O3/c1-12(2)15-6-4-5-7-16(15)19-17(22)18(23)20(3)13-8-10-14(21)11-9-13/h4-12,21H,1-3H3,(H,19,22). The van der Waals surface area contributed by atoms with Crippen molar-refractivity contribution < 1.29 is 14.7 Å². The van der Waals surface area contributed by atoms with E-state index in [1.54, 1.807) is 18.2 Å². The van der Waals surface area contributed by atoms with E-state index in [1.165, 1.54) is 24.1 Å². The molecule has 0 saturated carbocycles. The summed E-state index contributed by atoms with van der Waals surface area (Å²) >= 11 is 0. The van der Waals surface area contributed by atoms with Gasteiger partial charge in [-0.25, -0.2) is 0 Å². The molecule has 2 aromatic rings. The van der Waals surface area contributed by atoms with Gasteiger partial charge in [-0.2, -0.15) is 0 Å². The van der Waals surface area contributed by atoms with E-state index in [9.17, 15) is 14.7 Å².